The average molecular weight is 283 g/mol. The van der Waals surface area contributed by atoms with Gasteiger partial charge in [-0.1, -0.05) is 46.5 Å². The molecule has 4 nitrogen and oxygen atoms in total. The van der Waals surface area contributed by atoms with E-state index in [1.54, 1.807) is 0 Å². The Morgan fingerprint density at radius 3 is 2.15 bits per heavy atom. The van der Waals surface area contributed by atoms with Crippen molar-refractivity contribution >= 4 is 11.9 Å². The van der Waals surface area contributed by atoms with Crippen molar-refractivity contribution in [1.82, 2.24) is 5.32 Å². The van der Waals surface area contributed by atoms with E-state index in [1.165, 1.54) is 0 Å². The Balaban J connectivity index is 2.61. The molecule has 0 aliphatic heterocycles. The molecular weight excluding hydrogens is 254 g/mol. The molecule has 1 aliphatic carbocycles. The van der Waals surface area contributed by atoms with Gasteiger partial charge in [-0.3, -0.25) is 9.59 Å². The third-order valence-electron chi connectivity index (χ3n) is 4.73. The number of carboxylic acid groups (broad SMARTS) is 1. The lowest BCUT2D eigenvalue weighted by Gasteiger charge is -2.29. The van der Waals surface area contributed by atoms with Gasteiger partial charge < -0.3 is 10.4 Å². The molecule has 1 rings (SSSR count). The summed E-state index contributed by atoms with van der Waals surface area (Å²) in [4.78, 5) is 23.8. The summed E-state index contributed by atoms with van der Waals surface area (Å²) in [5.74, 6) is -0.917. The number of carboxylic acids is 1. The molecule has 116 valence electrons. The van der Waals surface area contributed by atoms with Crippen LogP contribution < -0.4 is 5.32 Å². The molecule has 4 heteroatoms. The van der Waals surface area contributed by atoms with Gasteiger partial charge in [-0.2, -0.15) is 0 Å². The Labute approximate surface area is 122 Å². The van der Waals surface area contributed by atoms with Crippen LogP contribution in [0.15, 0.2) is 0 Å². The fourth-order valence-electron chi connectivity index (χ4n) is 2.70. The zero-order valence-corrected chi connectivity index (χ0v) is 13.1. The second-order valence-corrected chi connectivity index (χ2v) is 6.97. The minimum atomic E-state index is -0.836. The lowest BCUT2D eigenvalue weighted by molar-refractivity contribution is -0.153. The van der Waals surface area contributed by atoms with Crippen LogP contribution in [0, 0.1) is 10.8 Å². The Kier molecular flexibility index (Phi) is 6.03. The summed E-state index contributed by atoms with van der Waals surface area (Å²) in [6, 6.07) is 0. The summed E-state index contributed by atoms with van der Waals surface area (Å²) in [6.45, 7) is 6.91. The van der Waals surface area contributed by atoms with Crippen molar-refractivity contribution in [3.63, 3.8) is 0 Å². The van der Waals surface area contributed by atoms with Gasteiger partial charge in [-0.05, 0) is 24.7 Å². The van der Waals surface area contributed by atoms with Crippen LogP contribution in [0.1, 0.15) is 72.1 Å². The second-order valence-electron chi connectivity index (χ2n) is 6.97. The van der Waals surface area contributed by atoms with Gasteiger partial charge in [0, 0.05) is 13.0 Å². The topological polar surface area (TPSA) is 66.4 Å². The third kappa shape index (κ3) is 4.80. The largest absolute Gasteiger partial charge is 0.481 e. The van der Waals surface area contributed by atoms with Crippen LogP contribution in [0.4, 0.5) is 0 Å². The van der Waals surface area contributed by atoms with Crippen LogP contribution in [-0.4, -0.2) is 23.5 Å². The molecule has 1 aliphatic rings. The van der Waals surface area contributed by atoms with E-state index < -0.39 is 11.4 Å². The molecule has 0 radical (unpaired) electrons. The predicted octanol–water partition coefficient (Wildman–Crippen LogP) is 3.35. The Bertz CT molecular complexity index is 342. The van der Waals surface area contributed by atoms with E-state index in [-0.39, 0.29) is 17.7 Å². The Hall–Kier alpha value is -1.06. The van der Waals surface area contributed by atoms with Gasteiger partial charge in [0.1, 0.15) is 0 Å². The van der Waals surface area contributed by atoms with E-state index in [4.69, 9.17) is 0 Å². The van der Waals surface area contributed by atoms with E-state index in [9.17, 15) is 14.7 Å². The number of hydrogen-bond donors (Lipinski definition) is 2. The maximum absolute atomic E-state index is 12.1. The summed E-state index contributed by atoms with van der Waals surface area (Å²) in [6.07, 6.45) is 6.37. The number of carbonyl (C=O) groups is 2. The van der Waals surface area contributed by atoms with Gasteiger partial charge in [0.05, 0.1) is 5.41 Å². The van der Waals surface area contributed by atoms with Crippen LogP contribution in [-0.2, 0) is 9.59 Å². The average Bonchev–Trinajstić information content (AvgIpc) is 2.63. The molecule has 0 bridgehead atoms. The van der Waals surface area contributed by atoms with Crippen molar-refractivity contribution in [3.8, 4) is 0 Å². The normalized spacial score (nSPS) is 19.1. The van der Waals surface area contributed by atoms with Crippen molar-refractivity contribution in [3.05, 3.63) is 0 Å². The number of nitrogens with one attached hydrogen (secondary N) is 1. The molecule has 1 saturated carbocycles. The highest BCUT2D eigenvalue weighted by molar-refractivity contribution is 5.85. The van der Waals surface area contributed by atoms with Crippen LogP contribution in [0.5, 0.6) is 0 Å². The molecular formula is C16H29NO3. The molecule has 0 aromatic carbocycles. The molecule has 2 N–H and O–H groups in total. The minimum absolute atomic E-state index is 0.0650. The van der Waals surface area contributed by atoms with Crippen LogP contribution in [0.3, 0.4) is 0 Å². The number of aliphatic carboxylic acids is 1. The number of carbonyl (C=O) groups excluding carboxylic acids is 1. The summed E-state index contributed by atoms with van der Waals surface area (Å²) < 4.78 is 0. The SMILES string of the molecule is CCC(C)(C)CNC(=O)CC1(C(=O)O)CCCCCC1. The summed E-state index contributed by atoms with van der Waals surface area (Å²) in [5, 5.41) is 12.5. The second kappa shape index (κ2) is 7.09. The first-order valence-corrected chi connectivity index (χ1v) is 7.81. The Morgan fingerprint density at radius 2 is 1.70 bits per heavy atom. The van der Waals surface area contributed by atoms with Crippen LogP contribution in [0.2, 0.25) is 0 Å². The highest BCUT2D eigenvalue weighted by Gasteiger charge is 2.40. The fourth-order valence-corrected chi connectivity index (χ4v) is 2.70. The lowest BCUT2D eigenvalue weighted by atomic mass is 9.77. The fraction of sp³-hybridized carbons (Fsp3) is 0.875. The first kappa shape index (κ1) is 17.0. The monoisotopic (exact) mass is 283 g/mol. The van der Waals surface area contributed by atoms with E-state index in [1.807, 2.05) is 0 Å². The van der Waals surface area contributed by atoms with Gasteiger partial charge in [0.25, 0.3) is 0 Å². The van der Waals surface area contributed by atoms with Crippen molar-refractivity contribution in [2.45, 2.75) is 72.1 Å². The highest BCUT2D eigenvalue weighted by atomic mass is 16.4. The van der Waals surface area contributed by atoms with Crippen molar-refractivity contribution in [2.24, 2.45) is 10.8 Å². The molecule has 0 aromatic heterocycles. The minimum Gasteiger partial charge on any atom is -0.481 e. The maximum atomic E-state index is 12.1. The van der Waals surface area contributed by atoms with Gasteiger partial charge >= 0.3 is 5.97 Å². The van der Waals surface area contributed by atoms with Gasteiger partial charge in [-0.15, -0.1) is 0 Å². The quantitative estimate of drug-likeness (QED) is 0.735. The molecule has 0 unspecified atom stereocenters. The van der Waals surface area contributed by atoms with Crippen molar-refractivity contribution in [1.29, 1.82) is 0 Å². The van der Waals surface area contributed by atoms with Crippen molar-refractivity contribution in [2.75, 3.05) is 6.54 Å². The number of rotatable bonds is 6. The summed E-state index contributed by atoms with van der Waals surface area (Å²) >= 11 is 0. The molecule has 0 spiro atoms. The smallest absolute Gasteiger partial charge is 0.310 e. The van der Waals surface area contributed by atoms with Gasteiger partial charge in [-0.25, -0.2) is 0 Å². The maximum Gasteiger partial charge on any atom is 0.310 e. The molecule has 20 heavy (non-hydrogen) atoms. The Morgan fingerprint density at radius 1 is 1.15 bits per heavy atom. The van der Waals surface area contributed by atoms with E-state index in [0.717, 1.165) is 32.1 Å². The summed E-state index contributed by atoms with van der Waals surface area (Å²) in [5.41, 5.74) is -0.771. The van der Waals surface area contributed by atoms with Crippen molar-refractivity contribution < 1.29 is 14.7 Å². The summed E-state index contributed by atoms with van der Waals surface area (Å²) in [7, 11) is 0. The molecule has 1 fully saturated rings. The van der Waals surface area contributed by atoms with E-state index in [2.05, 4.69) is 26.1 Å². The molecule has 0 saturated heterocycles. The number of amides is 1. The molecule has 1 amide bonds. The van der Waals surface area contributed by atoms with E-state index in [0.29, 0.717) is 19.4 Å². The zero-order valence-electron chi connectivity index (χ0n) is 13.1. The standard InChI is InChI=1S/C16H29NO3/c1-4-15(2,3)12-17-13(18)11-16(14(19)20)9-7-5-6-8-10-16/h4-12H2,1-3H3,(H,17,18)(H,19,20). The van der Waals surface area contributed by atoms with Gasteiger partial charge in [0.2, 0.25) is 5.91 Å². The van der Waals surface area contributed by atoms with E-state index >= 15 is 0 Å². The molecule has 0 aromatic rings. The first-order chi connectivity index (χ1) is 9.31. The lowest BCUT2D eigenvalue weighted by Crippen LogP contribution is -2.40. The van der Waals surface area contributed by atoms with Gasteiger partial charge in [0.15, 0.2) is 0 Å². The van der Waals surface area contributed by atoms with Crippen LogP contribution in [0.25, 0.3) is 0 Å². The molecule has 0 heterocycles. The molecule has 0 atom stereocenters. The van der Waals surface area contributed by atoms with Crippen LogP contribution >= 0.6 is 0 Å². The zero-order chi connectivity index (χ0) is 15.2. The number of hydrogen-bond acceptors (Lipinski definition) is 2. The first-order valence-electron chi connectivity index (χ1n) is 7.81. The predicted molar refractivity (Wildman–Crippen MR) is 79.5 cm³/mol. The third-order valence-corrected chi connectivity index (χ3v) is 4.73. The highest BCUT2D eigenvalue weighted by Crippen LogP contribution is 2.38.